The largest absolute Gasteiger partial charge is 0.480 e. The van der Waals surface area contributed by atoms with E-state index in [4.69, 9.17) is 14.6 Å². The highest BCUT2D eigenvalue weighted by Crippen LogP contribution is 2.04. The summed E-state index contributed by atoms with van der Waals surface area (Å²) in [6.07, 6.45) is 0.915. The quantitative estimate of drug-likeness (QED) is 0.584. The van der Waals surface area contributed by atoms with Gasteiger partial charge in [-0.25, -0.2) is 9.59 Å². The molecule has 0 heterocycles. The number of amides is 2. The number of nitrogens with zero attached hydrogens (tertiary/aromatic N) is 1. The topological polar surface area (TPSA) is 88.1 Å². The molecule has 0 fully saturated rings. The number of nitrogens with one attached hydrogen (secondary N) is 1. The Morgan fingerprint density at radius 1 is 1.30 bits per heavy atom. The summed E-state index contributed by atoms with van der Waals surface area (Å²) in [6, 6.07) is -1.40. The molecular weight excluding hydrogens is 264 g/mol. The molecule has 20 heavy (non-hydrogen) atoms. The molecule has 0 radical (unpaired) electrons. The van der Waals surface area contributed by atoms with Crippen LogP contribution >= 0.6 is 0 Å². The highest BCUT2D eigenvalue weighted by Gasteiger charge is 2.24. The van der Waals surface area contributed by atoms with Gasteiger partial charge in [0.15, 0.2) is 0 Å². The number of rotatable bonds is 10. The lowest BCUT2D eigenvalue weighted by atomic mass is 10.1. The maximum Gasteiger partial charge on any atom is 0.326 e. The summed E-state index contributed by atoms with van der Waals surface area (Å²) < 4.78 is 9.90. The molecule has 2 amide bonds. The van der Waals surface area contributed by atoms with Crippen LogP contribution in [-0.4, -0.2) is 68.1 Å². The van der Waals surface area contributed by atoms with Gasteiger partial charge in [0.05, 0.1) is 12.6 Å². The minimum Gasteiger partial charge on any atom is -0.480 e. The Balaban J connectivity index is 4.51. The predicted octanol–water partition coefficient (Wildman–Crippen LogP) is 0.933. The van der Waals surface area contributed by atoms with Gasteiger partial charge < -0.3 is 24.8 Å². The van der Waals surface area contributed by atoms with Crippen LogP contribution in [0.2, 0.25) is 0 Å². The van der Waals surface area contributed by atoms with Crippen molar-refractivity contribution in [3.8, 4) is 0 Å². The van der Waals surface area contributed by atoms with Gasteiger partial charge in [0, 0.05) is 27.4 Å². The van der Waals surface area contributed by atoms with E-state index in [1.54, 1.807) is 19.1 Å². The van der Waals surface area contributed by atoms with Crippen LogP contribution in [0.3, 0.4) is 0 Å². The van der Waals surface area contributed by atoms with E-state index in [1.807, 2.05) is 13.8 Å². The number of ether oxygens (including phenoxy) is 2. The fraction of sp³-hybridized carbons (Fsp3) is 0.846. The molecular formula is C13H26N2O5. The number of hydrogen-bond donors (Lipinski definition) is 2. The van der Waals surface area contributed by atoms with Crippen molar-refractivity contribution in [1.82, 2.24) is 10.2 Å². The van der Waals surface area contributed by atoms with Crippen molar-refractivity contribution in [2.75, 3.05) is 34.0 Å². The van der Waals surface area contributed by atoms with Crippen LogP contribution < -0.4 is 5.32 Å². The molecule has 2 unspecified atom stereocenters. The summed E-state index contributed by atoms with van der Waals surface area (Å²) in [4.78, 5) is 24.8. The van der Waals surface area contributed by atoms with Crippen molar-refractivity contribution in [3.05, 3.63) is 0 Å². The first-order valence-corrected chi connectivity index (χ1v) is 6.75. The Bertz CT molecular complexity index is 298. The van der Waals surface area contributed by atoms with E-state index in [0.717, 1.165) is 0 Å². The number of aliphatic carboxylic acids is 1. The monoisotopic (exact) mass is 290 g/mol. The van der Waals surface area contributed by atoms with E-state index < -0.39 is 12.0 Å². The van der Waals surface area contributed by atoms with Crippen LogP contribution in [0, 0.1) is 0 Å². The van der Waals surface area contributed by atoms with Gasteiger partial charge in [-0.2, -0.15) is 0 Å². The van der Waals surface area contributed by atoms with Crippen LogP contribution in [0.15, 0.2) is 0 Å². The first kappa shape index (κ1) is 18.7. The Hall–Kier alpha value is -1.34. The summed E-state index contributed by atoms with van der Waals surface area (Å²) in [5.74, 6) is -1.04. The lowest BCUT2D eigenvalue weighted by Crippen LogP contribution is -2.51. The standard InChI is InChI=1S/C13H26N2O5/c1-5-15(10(2)9-20-4)13(18)14-11(12(16)17)7-6-8-19-3/h10-11H,5-9H2,1-4H3,(H,14,18)(H,16,17). The SMILES string of the molecule is CCN(C(=O)NC(CCCOC)C(=O)O)C(C)COC. The second kappa shape index (κ2) is 10.4. The van der Waals surface area contributed by atoms with E-state index in [9.17, 15) is 9.59 Å². The number of methoxy groups -OCH3 is 2. The summed E-state index contributed by atoms with van der Waals surface area (Å²) in [6.45, 7) is 5.06. The molecule has 0 saturated heterocycles. The molecule has 118 valence electrons. The van der Waals surface area contributed by atoms with E-state index in [0.29, 0.717) is 32.6 Å². The fourth-order valence-electron chi connectivity index (χ4n) is 1.91. The zero-order valence-electron chi connectivity index (χ0n) is 12.7. The Morgan fingerprint density at radius 2 is 1.95 bits per heavy atom. The van der Waals surface area contributed by atoms with Gasteiger partial charge >= 0.3 is 12.0 Å². The maximum absolute atomic E-state index is 12.1. The number of carboxylic acids is 1. The van der Waals surface area contributed by atoms with E-state index in [2.05, 4.69) is 5.32 Å². The molecule has 0 aromatic heterocycles. The molecule has 0 aromatic carbocycles. The number of hydrogen-bond acceptors (Lipinski definition) is 4. The number of carbonyl (C=O) groups is 2. The molecule has 0 saturated carbocycles. The number of carbonyl (C=O) groups excluding carboxylic acids is 1. The van der Waals surface area contributed by atoms with Crippen LogP contribution in [0.5, 0.6) is 0 Å². The highest BCUT2D eigenvalue weighted by atomic mass is 16.5. The third kappa shape index (κ3) is 6.72. The zero-order valence-corrected chi connectivity index (χ0v) is 12.7. The highest BCUT2D eigenvalue weighted by molar-refractivity contribution is 5.82. The molecule has 0 aliphatic carbocycles. The molecule has 0 aliphatic rings. The minimum absolute atomic E-state index is 0.113. The lowest BCUT2D eigenvalue weighted by Gasteiger charge is -2.29. The van der Waals surface area contributed by atoms with Gasteiger partial charge in [-0.3, -0.25) is 0 Å². The molecule has 2 N–H and O–H groups in total. The zero-order chi connectivity index (χ0) is 15.5. The van der Waals surface area contributed by atoms with Crippen LogP contribution in [0.4, 0.5) is 4.79 Å². The van der Waals surface area contributed by atoms with Gasteiger partial charge in [-0.15, -0.1) is 0 Å². The Labute approximate surface area is 120 Å². The van der Waals surface area contributed by atoms with Crippen molar-refractivity contribution in [2.24, 2.45) is 0 Å². The molecule has 0 rings (SSSR count). The van der Waals surface area contributed by atoms with E-state index in [1.165, 1.54) is 0 Å². The van der Waals surface area contributed by atoms with Gasteiger partial charge in [-0.05, 0) is 26.7 Å². The summed E-state index contributed by atoms with van der Waals surface area (Å²) in [7, 11) is 3.12. The summed E-state index contributed by atoms with van der Waals surface area (Å²) in [5, 5.41) is 11.7. The second-order valence-corrected chi connectivity index (χ2v) is 4.57. The van der Waals surface area contributed by atoms with Crippen LogP contribution in [-0.2, 0) is 14.3 Å². The fourth-order valence-corrected chi connectivity index (χ4v) is 1.91. The number of carboxylic acid groups (broad SMARTS) is 1. The predicted molar refractivity (Wildman–Crippen MR) is 74.8 cm³/mol. The first-order valence-electron chi connectivity index (χ1n) is 6.75. The third-order valence-electron chi connectivity index (χ3n) is 2.98. The second-order valence-electron chi connectivity index (χ2n) is 4.57. The first-order chi connectivity index (χ1) is 9.47. The molecule has 0 aromatic rings. The van der Waals surface area contributed by atoms with Crippen molar-refractivity contribution in [1.29, 1.82) is 0 Å². The summed E-state index contributed by atoms with van der Waals surface area (Å²) in [5.41, 5.74) is 0. The van der Waals surface area contributed by atoms with Crippen LogP contribution in [0.25, 0.3) is 0 Å². The number of urea groups is 1. The Morgan fingerprint density at radius 3 is 2.40 bits per heavy atom. The normalized spacial score (nSPS) is 13.6. The van der Waals surface area contributed by atoms with E-state index in [-0.39, 0.29) is 12.1 Å². The average molecular weight is 290 g/mol. The van der Waals surface area contributed by atoms with E-state index >= 15 is 0 Å². The third-order valence-corrected chi connectivity index (χ3v) is 2.98. The minimum atomic E-state index is -1.04. The molecule has 0 aliphatic heterocycles. The lowest BCUT2D eigenvalue weighted by molar-refractivity contribution is -0.139. The van der Waals surface area contributed by atoms with Crippen molar-refractivity contribution in [3.63, 3.8) is 0 Å². The molecule has 7 heteroatoms. The van der Waals surface area contributed by atoms with Gasteiger partial charge in [-0.1, -0.05) is 0 Å². The Kier molecular flexibility index (Phi) is 9.75. The van der Waals surface area contributed by atoms with Crippen LogP contribution in [0.1, 0.15) is 26.7 Å². The van der Waals surface area contributed by atoms with Crippen molar-refractivity contribution >= 4 is 12.0 Å². The van der Waals surface area contributed by atoms with Gasteiger partial charge in [0.1, 0.15) is 6.04 Å². The summed E-state index contributed by atoms with van der Waals surface area (Å²) >= 11 is 0. The van der Waals surface area contributed by atoms with Gasteiger partial charge in [0.25, 0.3) is 0 Å². The number of likely N-dealkylation sites (N-methyl/N-ethyl adjacent to an activating group) is 1. The molecule has 0 spiro atoms. The molecule has 0 bridgehead atoms. The maximum atomic E-state index is 12.1. The van der Waals surface area contributed by atoms with Crippen molar-refractivity contribution in [2.45, 2.75) is 38.8 Å². The molecule has 7 nitrogen and oxygen atoms in total. The van der Waals surface area contributed by atoms with Gasteiger partial charge in [0.2, 0.25) is 0 Å². The molecule has 2 atom stereocenters. The smallest absolute Gasteiger partial charge is 0.326 e. The van der Waals surface area contributed by atoms with Crippen molar-refractivity contribution < 1.29 is 24.2 Å². The average Bonchev–Trinajstić information content (AvgIpc) is 2.38.